The van der Waals surface area contributed by atoms with Gasteiger partial charge in [-0.1, -0.05) is 48.5 Å². The highest BCUT2D eigenvalue weighted by Gasteiger charge is 2.14. The molecule has 0 bridgehead atoms. The zero-order valence-electron chi connectivity index (χ0n) is 14.9. The Kier molecular flexibility index (Phi) is 3.67. The molecule has 132 valence electrons. The maximum absolute atomic E-state index is 4.74. The lowest BCUT2D eigenvalue weighted by atomic mass is 10.1. The second kappa shape index (κ2) is 6.32. The van der Waals surface area contributed by atoms with E-state index in [1.807, 2.05) is 35.1 Å². The topological polar surface area (TPSA) is 60.9 Å². The van der Waals surface area contributed by atoms with Gasteiger partial charge in [0.25, 0.3) is 0 Å². The summed E-state index contributed by atoms with van der Waals surface area (Å²) in [5.74, 6) is 0.816. The molecule has 0 radical (unpaired) electrons. The van der Waals surface area contributed by atoms with Crippen molar-refractivity contribution in [3.63, 3.8) is 0 Å². The fraction of sp³-hybridized carbons (Fsp3) is 0.143. The summed E-state index contributed by atoms with van der Waals surface area (Å²) >= 11 is 0. The van der Waals surface area contributed by atoms with Gasteiger partial charge in [0.05, 0.1) is 17.3 Å². The first kappa shape index (κ1) is 15.7. The fourth-order valence-electron chi connectivity index (χ4n) is 3.35. The normalized spacial score (nSPS) is 11.4. The second-order valence-electron chi connectivity index (χ2n) is 6.61. The predicted molar refractivity (Wildman–Crippen MR) is 104 cm³/mol. The zero-order chi connectivity index (χ0) is 18.2. The van der Waals surface area contributed by atoms with Crippen LogP contribution >= 0.6 is 0 Å². The number of rotatable bonds is 4. The van der Waals surface area contributed by atoms with Crippen LogP contribution in [0.5, 0.6) is 0 Å². The Morgan fingerprint density at radius 3 is 2.56 bits per heavy atom. The molecule has 0 aliphatic heterocycles. The van der Waals surface area contributed by atoms with Crippen LogP contribution in [-0.4, -0.2) is 29.4 Å². The molecule has 27 heavy (non-hydrogen) atoms. The Balaban J connectivity index is 1.54. The number of nitrogens with zero attached hydrogens (tertiary/aromatic N) is 6. The molecule has 0 aliphatic carbocycles. The molecule has 0 fully saturated rings. The quantitative estimate of drug-likeness (QED) is 0.495. The third-order valence-electron chi connectivity index (χ3n) is 4.77. The van der Waals surface area contributed by atoms with E-state index in [2.05, 4.69) is 52.4 Å². The van der Waals surface area contributed by atoms with Crippen molar-refractivity contribution in [3.05, 3.63) is 84.1 Å². The lowest BCUT2D eigenvalue weighted by Crippen LogP contribution is -2.00. The van der Waals surface area contributed by atoms with Crippen molar-refractivity contribution in [1.29, 1.82) is 0 Å². The van der Waals surface area contributed by atoms with E-state index in [1.165, 1.54) is 5.56 Å². The molecule has 0 amide bonds. The third-order valence-corrected chi connectivity index (χ3v) is 4.77. The summed E-state index contributed by atoms with van der Waals surface area (Å²) in [7, 11) is 0. The molecule has 0 N–H and O–H groups in total. The van der Waals surface area contributed by atoms with Crippen LogP contribution in [0.25, 0.3) is 22.4 Å². The average Bonchev–Trinajstić information content (AvgIpc) is 3.31. The van der Waals surface area contributed by atoms with E-state index in [1.54, 1.807) is 10.8 Å². The van der Waals surface area contributed by atoms with E-state index in [0.29, 0.717) is 0 Å². The first-order chi connectivity index (χ1) is 13.3. The number of hydrogen-bond acceptors (Lipinski definition) is 4. The molecule has 5 rings (SSSR count). The van der Waals surface area contributed by atoms with Gasteiger partial charge in [-0.05, 0) is 30.5 Å². The Hall–Kier alpha value is -3.54. The molecule has 0 saturated carbocycles. The standard InChI is InChI=1S/C21H18N6/c1-15-7-5-6-10-18(15)27-20-17(13-23-27)21-24-19(25-26(21)14-22-20)12-11-16-8-3-2-4-9-16/h2-10,13-14H,11-12H2,1H3. The molecule has 0 spiro atoms. The first-order valence-corrected chi connectivity index (χ1v) is 8.97. The number of aromatic nitrogens is 6. The van der Waals surface area contributed by atoms with E-state index in [0.717, 1.165) is 46.6 Å². The molecule has 3 heterocycles. The predicted octanol–water partition coefficient (Wildman–Crippen LogP) is 3.56. The van der Waals surface area contributed by atoms with Crippen LogP contribution in [0.2, 0.25) is 0 Å². The average molecular weight is 354 g/mol. The van der Waals surface area contributed by atoms with E-state index in [9.17, 15) is 0 Å². The summed E-state index contributed by atoms with van der Waals surface area (Å²) in [4.78, 5) is 9.32. The lowest BCUT2D eigenvalue weighted by molar-refractivity contribution is 0.825. The minimum Gasteiger partial charge on any atom is -0.216 e. The maximum Gasteiger partial charge on any atom is 0.170 e. The van der Waals surface area contributed by atoms with Gasteiger partial charge in [0.15, 0.2) is 17.1 Å². The molecule has 6 nitrogen and oxygen atoms in total. The zero-order valence-corrected chi connectivity index (χ0v) is 14.9. The first-order valence-electron chi connectivity index (χ1n) is 8.97. The maximum atomic E-state index is 4.74. The summed E-state index contributed by atoms with van der Waals surface area (Å²) in [5, 5.41) is 10.0. The number of hydrogen-bond donors (Lipinski definition) is 0. The Bertz CT molecular complexity index is 1240. The summed E-state index contributed by atoms with van der Waals surface area (Å²) in [6.07, 6.45) is 5.24. The molecular formula is C21H18N6. The molecule has 0 saturated heterocycles. The Morgan fingerprint density at radius 2 is 1.70 bits per heavy atom. The van der Waals surface area contributed by atoms with Crippen LogP contribution in [-0.2, 0) is 12.8 Å². The highest BCUT2D eigenvalue weighted by Crippen LogP contribution is 2.21. The highest BCUT2D eigenvalue weighted by molar-refractivity contribution is 5.89. The molecule has 0 atom stereocenters. The van der Waals surface area contributed by atoms with Gasteiger partial charge in [-0.3, -0.25) is 0 Å². The Morgan fingerprint density at radius 1 is 0.889 bits per heavy atom. The van der Waals surface area contributed by atoms with E-state index in [-0.39, 0.29) is 0 Å². The molecule has 2 aromatic carbocycles. The van der Waals surface area contributed by atoms with Gasteiger partial charge in [-0.2, -0.15) is 5.10 Å². The molecule has 6 heteroatoms. The van der Waals surface area contributed by atoms with Gasteiger partial charge in [0, 0.05) is 6.42 Å². The molecule has 0 unspecified atom stereocenters. The Labute approximate surface area is 156 Å². The third kappa shape index (κ3) is 2.75. The van der Waals surface area contributed by atoms with Gasteiger partial charge in [0.2, 0.25) is 0 Å². The highest BCUT2D eigenvalue weighted by atomic mass is 15.3. The minimum atomic E-state index is 0.791. The molecule has 3 aromatic heterocycles. The van der Waals surface area contributed by atoms with Crippen molar-refractivity contribution in [3.8, 4) is 5.69 Å². The number of benzene rings is 2. The van der Waals surface area contributed by atoms with Crippen molar-refractivity contribution in [2.45, 2.75) is 19.8 Å². The summed E-state index contributed by atoms with van der Waals surface area (Å²) in [6.45, 7) is 2.07. The molecule has 5 aromatic rings. The van der Waals surface area contributed by atoms with E-state index in [4.69, 9.17) is 4.98 Å². The summed E-state index contributed by atoms with van der Waals surface area (Å²) in [6, 6.07) is 18.5. The fourth-order valence-corrected chi connectivity index (χ4v) is 3.35. The van der Waals surface area contributed by atoms with Crippen LogP contribution in [0.1, 0.15) is 17.0 Å². The molecular weight excluding hydrogens is 336 g/mol. The van der Waals surface area contributed by atoms with Gasteiger partial charge in [0.1, 0.15) is 6.33 Å². The van der Waals surface area contributed by atoms with Crippen molar-refractivity contribution in [2.24, 2.45) is 0 Å². The van der Waals surface area contributed by atoms with Crippen molar-refractivity contribution < 1.29 is 0 Å². The van der Waals surface area contributed by atoms with Crippen molar-refractivity contribution in [1.82, 2.24) is 29.4 Å². The second-order valence-corrected chi connectivity index (χ2v) is 6.61. The molecule has 0 aliphatic rings. The largest absolute Gasteiger partial charge is 0.216 e. The number of aryl methyl sites for hydroxylation is 3. The van der Waals surface area contributed by atoms with E-state index < -0.39 is 0 Å². The monoisotopic (exact) mass is 354 g/mol. The number of para-hydroxylation sites is 1. The summed E-state index contributed by atoms with van der Waals surface area (Å²) in [5.41, 5.74) is 5.04. The van der Waals surface area contributed by atoms with Crippen molar-refractivity contribution in [2.75, 3.05) is 0 Å². The number of fused-ring (bicyclic) bond motifs is 3. The minimum absolute atomic E-state index is 0.791. The van der Waals surface area contributed by atoms with Crippen LogP contribution in [0, 0.1) is 6.92 Å². The lowest BCUT2D eigenvalue weighted by Gasteiger charge is -2.05. The summed E-state index contributed by atoms with van der Waals surface area (Å²) < 4.78 is 3.61. The van der Waals surface area contributed by atoms with E-state index >= 15 is 0 Å². The SMILES string of the molecule is Cc1ccccc1-n1ncc2c1ncn1nc(CCc3ccccc3)nc21. The van der Waals surface area contributed by atoms with Crippen LogP contribution in [0.3, 0.4) is 0 Å². The van der Waals surface area contributed by atoms with Crippen LogP contribution < -0.4 is 0 Å². The van der Waals surface area contributed by atoms with Crippen LogP contribution in [0.15, 0.2) is 67.1 Å². The van der Waals surface area contributed by atoms with Crippen molar-refractivity contribution >= 4 is 16.7 Å². The van der Waals surface area contributed by atoms with Gasteiger partial charge in [-0.15, -0.1) is 5.10 Å². The van der Waals surface area contributed by atoms with Gasteiger partial charge in [-0.25, -0.2) is 19.2 Å². The van der Waals surface area contributed by atoms with Gasteiger partial charge >= 0.3 is 0 Å². The smallest absolute Gasteiger partial charge is 0.170 e. The van der Waals surface area contributed by atoms with Gasteiger partial charge < -0.3 is 0 Å². The van der Waals surface area contributed by atoms with Crippen LogP contribution in [0.4, 0.5) is 0 Å².